The fourth-order valence-electron chi connectivity index (χ4n) is 4.72. The Morgan fingerprint density at radius 3 is 2.25 bits per heavy atom. The van der Waals surface area contributed by atoms with Crippen LogP contribution < -0.4 is 10.0 Å². The Bertz CT molecular complexity index is 907. The summed E-state index contributed by atoms with van der Waals surface area (Å²) in [5.41, 5.74) is 5.65. The van der Waals surface area contributed by atoms with E-state index in [-0.39, 0.29) is 24.9 Å². The van der Waals surface area contributed by atoms with E-state index in [1.165, 1.54) is 11.1 Å². The number of anilines is 1. The summed E-state index contributed by atoms with van der Waals surface area (Å²) in [5, 5.41) is 1.94. The Hall–Kier alpha value is -2.09. The molecule has 0 aromatic heterocycles. The van der Waals surface area contributed by atoms with Gasteiger partial charge in [0.2, 0.25) is 15.9 Å². The van der Waals surface area contributed by atoms with Crippen molar-refractivity contribution in [1.82, 2.24) is 9.62 Å². The van der Waals surface area contributed by atoms with E-state index in [2.05, 4.69) is 16.1 Å². The molecule has 152 valence electrons. The summed E-state index contributed by atoms with van der Waals surface area (Å²) in [7, 11) is -3.93. The highest BCUT2D eigenvalue weighted by molar-refractivity contribution is 7.90. The van der Waals surface area contributed by atoms with Crippen LogP contribution in [-0.4, -0.2) is 43.1 Å². The maximum atomic E-state index is 12.7. The van der Waals surface area contributed by atoms with E-state index < -0.39 is 21.3 Å². The monoisotopic (exact) mass is 405 g/mol. The zero-order chi connectivity index (χ0) is 20.1. The maximum Gasteiger partial charge on any atom is 0.332 e. The second-order valence-electron chi connectivity index (χ2n) is 8.30. The standard InChI is InChI=1S/C20H27N3O4S/c1-12(2)23-11-15(10-18(23)24)28(26,27)22-20(25)21-19-16-7-3-5-13(16)9-14-6-4-8-17(14)19/h9,12,15H,3-8,10-11H2,1-2H3,(H2,21,22,25). The predicted molar refractivity (Wildman–Crippen MR) is 107 cm³/mol. The van der Waals surface area contributed by atoms with E-state index in [0.717, 1.165) is 55.3 Å². The van der Waals surface area contributed by atoms with E-state index in [0.29, 0.717) is 0 Å². The van der Waals surface area contributed by atoms with Crippen molar-refractivity contribution in [2.24, 2.45) is 0 Å². The van der Waals surface area contributed by atoms with Gasteiger partial charge < -0.3 is 10.2 Å². The summed E-state index contributed by atoms with van der Waals surface area (Å²) >= 11 is 0. The van der Waals surface area contributed by atoms with Gasteiger partial charge >= 0.3 is 6.03 Å². The lowest BCUT2D eigenvalue weighted by Gasteiger charge is -2.21. The number of aryl methyl sites for hydroxylation is 2. The van der Waals surface area contributed by atoms with E-state index in [1.807, 2.05) is 13.8 Å². The topological polar surface area (TPSA) is 95.6 Å². The summed E-state index contributed by atoms with van der Waals surface area (Å²) < 4.78 is 27.5. The number of nitrogens with zero attached hydrogens (tertiary/aromatic N) is 1. The Kier molecular flexibility index (Phi) is 4.85. The van der Waals surface area contributed by atoms with Crippen molar-refractivity contribution in [3.63, 3.8) is 0 Å². The molecular weight excluding hydrogens is 378 g/mol. The molecule has 3 amide bonds. The highest BCUT2D eigenvalue weighted by Gasteiger charge is 2.40. The van der Waals surface area contributed by atoms with Crippen molar-refractivity contribution in [3.8, 4) is 0 Å². The van der Waals surface area contributed by atoms with Gasteiger partial charge in [0.1, 0.15) is 5.25 Å². The van der Waals surface area contributed by atoms with Crippen LogP contribution in [-0.2, 0) is 40.5 Å². The smallest absolute Gasteiger partial charge is 0.332 e. The minimum absolute atomic E-state index is 0.0592. The summed E-state index contributed by atoms with van der Waals surface area (Å²) in [6.07, 6.45) is 5.86. The molecule has 3 aliphatic rings. The second-order valence-corrected chi connectivity index (χ2v) is 10.3. The van der Waals surface area contributed by atoms with Crippen LogP contribution in [0, 0.1) is 0 Å². The highest BCUT2D eigenvalue weighted by atomic mass is 32.2. The minimum Gasteiger partial charge on any atom is -0.339 e. The molecule has 0 spiro atoms. The van der Waals surface area contributed by atoms with Crippen molar-refractivity contribution in [3.05, 3.63) is 28.3 Å². The first kappa shape index (κ1) is 19.2. The average molecular weight is 406 g/mol. The highest BCUT2D eigenvalue weighted by Crippen LogP contribution is 2.38. The van der Waals surface area contributed by atoms with Gasteiger partial charge in [0.05, 0.1) is 0 Å². The molecule has 1 aromatic rings. The van der Waals surface area contributed by atoms with Crippen LogP contribution in [0.2, 0.25) is 0 Å². The number of sulfonamides is 1. The number of urea groups is 1. The molecule has 1 aliphatic heterocycles. The van der Waals surface area contributed by atoms with Crippen molar-refractivity contribution >= 4 is 27.6 Å². The number of rotatable bonds is 4. The lowest BCUT2D eigenvalue weighted by atomic mass is 9.99. The Balaban J connectivity index is 1.51. The molecule has 2 aliphatic carbocycles. The van der Waals surface area contributed by atoms with Gasteiger partial charge in [-0.25, -0.2) is 17.9 Å². The van der Waals surface area contributed by atoms with Crippen molar-refractivity contribution in [1.29, 1.82) is 0 Å². The van der Waals surface area contributed by atoms with Crippen LogP contribution >= 0.6 is 0 Å². The van der Waals surface area contributed by atoms with Gasteiger partial charge in [0, 0.05) is 24.7 Å². The van der Waals surface area contributed by atoms with Crippen molar-refractivity contribution in [2.45, 2.75) is 70.1 Å². The lowest BCUT2D eigenvalue weighted by molar-refractivity contribution is -0.129. The molecule has 1 aromatic carbocycles. The zero-order valence-electron chi connectivity index (χ0n) is 16.4. The van der Waals surface area contributed by atoms with E-state index in [4.69, 9.17) is 0 Å². The first-order valence-corrected chi connectivity index (χ1v) is 11.6. The van der Waals surface area contributed by atoms with Gasteiger partial charge in [0.25, 0.3) is 0 Å². The van der Waals surface area contributed by atoms with Crippen LogP contribution in [0.15, 0.2) is 6.07 Å². The van der Waals surface area contributed by atoms with Gasteiger partial charge in [-0.3, -0.25) is 4.79 Å². The number of hydrogen-bond donors (Lipinski definition) is 2. The predicted octanol–water partition coefficient (Wildman–Crippen LogP) is 2.12. The normalized spacial score (nSPS) is 21.2. The molecule has 2 N–H and O–H groups in total. The number of nitrogens with one attached hydrogen (secondary N) is 2. The van der Waals surface area contributed by atoms with E-state index in [9.17, 15) is 18.0 Å². The molecule has 0 radical (unpaired) electrons. The molecular formula is C20H27N3O4S. The molecule has 7 nitrogen and oxygen atoms in total. The number of benzene rings is 1. The van der Waals surface area contributed by atoms with Crippen molar-refractivity contribution < 1.29 is 18.0 Å². The first-order valence-electron chi connectivity index (χ1n) is 10.0. The molecule has 1 atom stereocenters. The molecule has 1 unspecified atom stereocenters. The number of amides is 3. The lowest BCUT2D eigenvalue weighted by Crippen LogP contribution is -2.42. The largest absolute Gasteiger partial charge is 0.339 e. The minimum atomic E-state index is -3.93. The average Bonchev–Trinajstić information content (AvgIpc) is 3.32. The molecule has 4 rings (SSSR count). The number of fused-ring (bicyclic) bond motifs is 2. The molecule has 1 heterocycles. The fraction of sp³-hybridized carbons (Fsp3) is 0.600. The van der Waals surface area contributed by atoms with E-state index in [1.54, 1.807) is 4.90 Å². The van der Waals surface area contributed by atoms with Crippen molar-refractivity contribution in [2.75, 3.05) is 11.9 Å². The van der Waals surface area contributed by atoms with Crippen LogP contribution in [0.3, 0.4) is 0 Å². The summed E-state index contributed by atoms with van der Waals surface area (Å²) in [6, 6.07) is 1.47. The Morgan fingerprint density at radius 2 is 1.71 bits per heavy atom. The summed E-state index contributed by atoms with van der Waals surface area (Å²) in [6.45, 7) is 3.82. The fourth-order valence-corrected chi connectivity index (χ4v) is 5.92. The third-order valence-electron chi connectivity index (χ3n) is 6.13. The number of carbonyl (C=O) groups excluding carboxylic acids is 2. The SMILES string of the molecule is CC(C)N1CC(S(=O)(=O)NC(=O)Nc2c3c(cc4c2CCC4)CCC3)CC1=O. The maximum absolute atomic E-state index is 12.7. The summed E-state index contributed by atoms with van der Waals surface area (Å²) in [5.74, 6) is -0.190. The van der Waals surface area contributed by atoms with Crippen LogP contribution in [0.5, 0.6) is 0 Å². The Labute approximate surface area is 165 Å². The van der Waals surface area contributed by atoms with Gasteiger partial charge in [-0.1, -0.05) is 6.07 Å². The van der Waals surface area contributed by atoms with Crippen LogP contribution in [0.4, 0.5) is 10.5 Å². The molecule has 0 bridgehead atoms. The molecule has 1 fully saturated rings. The molecule has 8 heteroatoms. The third kappa shape index (κ3) is 3.38. The van der Waals surface area contributed by atoms with Gasteiger partial charge in [0.15, 0.2) is 0 Å². The number of carbonyl (C=O) groups is 2. The second kappa shape index (κ2) is 7.06. The van der Waals surface area contributed by atoms with Crippen LogP contribution in [0.1, 0.15) is 55.4 Å². The molecule has 1 saturated heterocycles. The Morgan fingerprint density at radius 1 is 1.11 bits per heavy atom. The summed E-state index contributed by atoms with van der Waals surface area (Å²) in [4.78, 5) is 26.2. The van der Waals surface area contributed by atoms with Gasteiger partial charge in [-0.2, -0.15) is 0 Å². The number of hydrogen-bond acceptors (Lipinski definition) is 4. The number of likely N-dealkylation sites (tertiary alicyclic amines) is 1. The quantitative estimate of drug-likeness (QED) is 0.802. The van der Waals surface area contributed by atoms with Gasteiger partial charge in [-0.15, -0.1) is 0 Å². The molecule has 28 heavy (non-hydrogen) atoms. The molecule has 0 saturated carbocycles. The first-order chi connectivity index (χ1) is 13.3. The zero-order valence-corrected chi connectivity index (χ0v) is 17.2. The van der Waals surface area contributed by atoms with E-state index >= 15 is 0 Å². The van der Waals surface area contributed by atoms with Gasteiger partial charge in [-0.05, 0) is 74.6 Å². The third-order valence-corrected chi connectivity index (χ3v) is 7.79. The van der Waals surface area contributed by atoms with Crippen LogP contribution in [0.25, 0.3) is 0 Å².